The molecule has 0 aliphatic rings. The highest BCUT2D eigenvalue weighted by atomic mass is 32.1. The van der Waals surface area contributed by atoms with E-state index in [1.165, 1.54) is 0 Å². The fourth-order valence-electron chi connectivity index (χ4n) is 1.57. The Morgan fingerprint density at radius 2 is 2.27 bits per heavy atom. The van der Waals surface area contributed by atoms with E-state index in [4.69, 9.17) is 0 Å². The van der Waals surface area contributed by atoms with Crippen LogP contribution in [0.5, 0.6) is 0 Å². The largest absolute Gasteiger partial charge is 0.282 e. The molecule has 0 saturated carbocycles. The summed E-state index contributed by atoms with van der Waals surface area (Å²) in [5, 5.41) is 17.1. The molecule has 0 amide bonds. The van der Waals surface area contributed by atoms with Crippen LogP contribution < -0.4 is 0 Å². The summed E-state index contributed by atoms with van der Waals surface area (Å²) in [5.74, 6) is 0. The SMILES string of the molecule is Cc1[nH]nc2ccc(-c3nncs3)cc12. The summed E-state index contributed by atoms with van der Waals surface area (Å²) in [6.45, 7) is 2.01. The second-order valence-corrected chi connectivity index (χ2v) is 4.16. The van der Waals surface area contributed by atoms with Crippen molar-refractivity contribution in [2.75, 3.05) is 0 Å². The van der Waals surface area contributed by atoms with Gasteiger partial charge in [-0.2, -0.15) is 5.10 Å². The molecule has 0 bridgehead atoms. The second-order valence-electron chi connectivity index (χ2n) is 3.32. The summed E-state index contributed by atoms with van der Waals surface area (Å²) in [6, 6.07) is 6.10. The third-order valence-electron chi connectivity index (χ3n) is 2.35. The minimum atomic E-state index is 0.942. The molecule has 0 aliphatic carbocycles. The molecule has 3 rings (SSSR count). The molecule has 3 aromatic rings. The summed E-state index contributed by atoms with van der Waals surface area (Å²) < 4.78 is 0. The Labute approximate surface area is 90.0 Å². The summed E-state index contributed by atoms with van der Waals surface area (Å²) in [6.07, 6.45) is 0. The van der Waals surface area contributed by atoms with Crippen molar-refractivity contribution >= 4 is 22.2 Å². The number of nitrogens with zero attached hydrogens (tertiary/aromatic N) is 3. The van der Waals surface area contributed by atoms with Gasteiger partial charge in [-0.05, 0) is 25.1 Å². The Morgan fingerprint density at radius 3 is 3.07 bits per heavy atom. The minimum Gasteiger partial charge on any atom is -0.282 e. The van der Waals surface area contributed by atoms with Crippen molar-refractivity contribution in [1.82, 2.24) is 20.4 Å². The number of fused-ring (bicyclic) bond motifs is 1. The van der Waals surface area contributed by atoms with Crippen LogP contribution in [0.25, 0.3) is 21.5 Å². The summed E-state index contributed by atoms with van der Waals surface area (Å²) in [5.41, 5.74) is 4.90. The first kappa shape index (κ1) is 8.55. The monoisotopic (exact) mass is 216 g/mol. The smallest absolute Gasteiger partial charge is 0.147 e. The van der Waals surface area contributed by atoms with Crippen LogP contribution in [0.15, 0.2) is 23.7 Å². The molecule has 0 saturated heterocycles. The third kappa shape index (κ3) is 1.32. The zero-order valence-electron chi connectivity index (χ0n) is 8.06. The molecule has 2 aromatic heterocycles. The number of hydrogen-bond donors (Lipinski definition) is 1. The van der Waals surface area contributed by atoms with Crippen molar-refractivity contribution in [3.8, 4) is 10.6 Å². The maximum atomic E-state index is 4.18. The number of nitrogens with one attached hydrogen (secondary N) is 1. The highest BCUT2D eigenvalue weighted by Gasteiger charge is 2.05. The van der Waals surface area contributed by atoms with Crippen LogP contribution >= 0.6 is 11.3 Å². The molecule has 15 heavy (non-hydrogen) atoms. The highest BCUT2D eigenvalue weighted by molar-refractivity contribution is 7.12. The van der Waals surface area contributed by atoms with E-state index in [9.17, 15) is 0 Å². The molecule has 0 unspecified atom stereocenters. The number of benzene rings is 1. The van der Waals surface area contributed by atoms with Gasteiger partial charge in [0, 0.05) is 16.6 Å². The molecule has 1 N–H and O–H groups in total. The Balaban J connectivity index is 2.25. The highest BCUT2D eigenvalue weighted by Crippen LogP contribution is 2.25. The van der Waals surface area contributed by atoms with E-state index in [1.54, 1.807) is 16.8 Å². The van der Waals surface area contributed by atoms with Crippen LogP contribution in [0, 0.1) is 6.92 Å². The summed E-state index contributed by atoms with van der Waals surface area (Å²) in [7, 11) is 0. The van der Waals surface area contributed by atoms with E-state index in [0.29, 0.717) is 0 Å². The predicted molar refractivity (Wildman–Crippen MR) is 59.7 cm³/mol. The fourth-order valence-corrected chi connectivity index (χ4v) is 2.12. The average molecular weight is 216 g/mol. The maximum Gasteiger partial charge on any atom is 0.147 e. The van der Waals surface area contributed by atoms with Crippen LogP contribution in [0.3, 0.4) is 0 Å². The van der Waals surface area contributed by atoms with Gasteiger partial charge in [0.05, 0.1) is 5.52 Å². The van der Waals surface area contributed by atoms with Gasteiger partial charge in [0.25, 0.3) is 0 Å². The lowest BCUT2D eigenvalue weighted by molar-refractivity contribution is 1.07. The Hall–Kier alpha value is -1.75. The maximum absolute atomic E-state index is 4.18. The molecular weight excluding hydrogens is 208 g/mol. The van der Waals surface area contributed by atoms with Gasteiger partial charge in [0.1, 0.15) is 10.5 Å². The molecule has 74 valence electrons. The molecule has 0 radical (unpaired) electrons. The van der Waals surface area contributed by atoms with E-state index in [1.807, 2.05) is 19.1 Å². The summed E-state index contributed by atoms with van der Waals surface area (Å²) in [4.78, 5) is 0. The lowest BCUT2D eigenvalue weighted by Crippen LogP contribution is -1.77. The van der Waals surface area contributed by atoms with Crippen LogP contribution in [0.2, 0.25) is 0 Å². The van der Waals surface area contributed by atoms with Gasteiger partial charge < -0.3 is 0 Å². The molecule has 4 nitrogen and oxygen atoms in total. The van der Waals surface area contributed by atoms with Crippen molar-refractivity contribution in [2.24, 2.45) is 0 Å². The number of hydrogen-bond acceptors (Lipinski definition) is 4. The molecule has 0 atom stereocenters. The second kappa shape index (κ2) is 3.13. The van der Waals surface area contributed by atoms with Crippen molar-refractivity contribution in [3.05, 3.63) is 29.4 Å². The minimum absolute atomic E-state index is 0.942. The van der Waals surface area contributed by atoms with Gasteiger partial charge in [-0.3, -0.25) is 5.10 Å². The normalized spacial score (nSPS) is 11.0. The lowest BCUT2D eigenvalue weighted by atomic mass is 10.1. The first-order valence-corrected chi connectivity index (χ1v) is 5.44. The Morgan fingerprint density at radius 1 is 1.33 bits per heavy atom. The van der Waals surface area contributed by atoms with E-state index in [0.717, 1.165) is 27.2 Å². The van der Waals surface area contributed by atoms with Crippen LogP contribution in [0.4, 0.5) is 0 Å². The van der Waals surface area contributed by atoms with Crippen molar-refractivity contribution < 1.29 is 0 Å². The molecular formula is C10H8N4S. The molecule has 0 fully saturated rings. The Kier molecular flexibility index (Phi) is 1.78. The molecule has 2 heterocycles. The third-order valence-corrected chi connectivity index (χ3v) is 3.09. The van der Waals surface area contributed by atoms with E-state index in [2.05, 4.69) is 26.5 Å². The Bertz CT molecular complexity index is 597. The van der Waals surface area contributed by atoms with E-state index >= 15 is 0 Å². The number of aromatic nitrogens is 4. The van der Waals surface area contributed by atoms with Gasteiger partial charge in [-0.25, -0.2) is 0 Å². The molecule has 0 spiro atoms. The van der Waals surface area contributed by atoms with Crippen LogP contribution in [0.1, 0.15) is 5.69 Å². The number of aryl methyl sites for hydroxylation is 1. The quantitative estimate of drug-likeness (QED) is 0.679. The van der Waals surface area contributed by atoms with Crippen molar-refractivity contribution in [1.29, 1.82) is 0 Å². The topological polar surface area (TPSA) is 54.5 Å². The first-order valence-electron chi connectivity index (χ1n) is 4.56. The van der Waals surface area contributed by atoms with Gasteiger partial charge in [-0.1, -0.05) is 11.3 Å². The van der Waals surface area contributed by atoms with Crippen LogP contribution in [-0.2, 0) is 0 Å². The number of aromatic amines is 1. The number of H-pyrrole nitrogens is 1. The molecule has 5 heteroatoms. The van der Waals surface area contributed by atoms with E-state index in [-0.39, 0.29) is 0 Å². The zero-order chi connectivity index (χ0) is 10.3. The van der Waals surface area contributed by atoms with E-state index < -0.39 is 0 Å². The molecule has 1 aromatic carbocycles. The zero-order valence-corrected chi connectivity index (χ0v) is 8.88. The standard InChI is InChI=1S/C10H8N4S/c1-6-8-4-7(10-14-11-5-15-10)2-3-9(8)13-12-6/h2-5H,1H3,(H,12,13). The molecule has 0 aliphatic heterocycles. The van der Waals surface area contributed by atoms with Crippen molar-refractivity contribution in [2.45, 2.75) is 6.92 Å². The average Bonchev–Trinajstić information content (AvgIpc) is 2.88. The first-order chi connectivity index (χ1) is 7.34. The van der Waals surface area contributed by atoms with Gasteiger partial charge in [-0.15, -0.1) is 10.2 Å². The van der Waals surface area contributed by atoms with Gasteiger partial charge in [0.15, 0.2) is 0 Å². The van der Waals surface area contributed by atoms with Gasteiger partial charge >= 0.3 is 0 Å². The van der Waals surface area contributed by atoms with Crippen LogP contribution in [-0.4, -0.2) is 20.4 Å². The van der Waals surface area contributed by atoms with Gasteiger partial charge in [0.2, 0.25) is 0 Å². The fraction of sp³-hybridized carbons (Fsp3) is 0.100. The van der Waals surface area contributed by atoms with Crippen molar-refractivity contribution in [3.63, 3.8) is 0 Å². The predicted octanol–water partition coefficient (Wildman–Crippen LogP) is 2.39. The summed E-state index contributed by atoms with van der Waals surface area (Å²) >= 11 is 1.54. The number of rotatable bonds is 1. The lowest BCUT2D eigenvalue weighted by Gasteiger charge is -1.95.